The molecule has 0 unspecified atom stereocenters. The molecule has 162 valence electrons. The molecule has 0 radical (unpaired) electrons. The van der Waals surface area contributed by atoms with Crippen molar-refractivity contribution >= 4 is 5.91 Å². The van der Waals surface area contributed by atoms with E-state index in [2.05, 4.69) is 26.5 Å². The number of aromatic amines is 1. The molecule has 2 aromatic rings. The normalized spacial score (nSPS) is 17.8. The molecule has 1 amide bonds. The van der Waals surface area contributed by atoms with Crippen LogP contribution in [0, 0.1) is 0 Å². The highest BCUT2D eigenvalue weighted by molar-refractivity contribution is 5.94. The van der Waals surface area contributed by atoms with Crippen molar-refractivity contribution in [3.8, 4) is 11.5 Å². The highest BCUT2D eigenvalue weighted by Gasteiger charge is 2.25. The Bertz CT molecular complexity index is 871. The largest absolute Gasteiger partial charge is 0.493 e. The highest BCUT2D eigenvalue weighted by atomic mass is 16.5. The van der Waals surface area contributed by atoms with Gasteiger partial charge in [0.05, 0.1) is 14.2 Å². The summed E-state index contributed by atoms with van der Waals surface area (Å²) >= 11 is 0. The third-order valence-electron chi connectivity index (χ3n) is 6.30. The number of ether oxygens (including phenoxy) is 2. The number of aromatic nitrogens is 2. The SMILES string of the molecule is COc1ccc(CN2CCC(NC(=O)c3n[nH]c4c3CCCCC4)CC2)cc1OC. The van der Waals surface area contributed by atoms with E-state index < -0.39 is 0 Å². The molecule has 2 N–H and O–H groups in total. The number of hydrogen-bond donors (Lipinski definition) is 2. The number of fused-ring (bicyclic) bond motifs is 1. The lowest BCUT2D eigenvalue weighted by Gasteiger charge is -2.32. The molecule has 4 rings (SSSR count). The van der Waals surface area contributed by atoms with Crippen molar-refractivity contribution in [1.29, 1.82) is 0 Å². The summed E-state index contributed by atoms with van der Waals surface area (Å²) in [5.74, 6) is 1.49. The molecule has 1 aliphatic carbocycles. The molecule has 0 bridgehead atoms. The fourth-order valence-corrected chi connectivity index (χ4v) is 4.57. The van der Waals surface area contributed by atoms with Gasteiger partial charge in [0, 0.05) is 36.9 Å². The van der Waals surface area contributed by atoms with E-state index in [1.165, 1.54) is 18.4 Å². The molecule has 2 heterocycles. The van der Waals surface area contributed by atoms with Crippen LogP contribution in [0.5, 0.6) is 11.5 Å². The molecule has 1 fully saturated rings. The lowest BCUT2D eigenvalue weighted by atomic mass is 10.0. The lowest BCUT2D eigenvalue weighted by Crippen LogP contribution is -2.44. The Labute approximate surface area is 178 Å². The number of piperidine rings is 1. The van der Waals surface area contributed by atoms with Crippen LogP contribution in [-0.4, -0.2) is 54.4 Å². The molecule has 1 aliphatic heterocycles. The molecule has 7 nitrogen and oxygen atoms in total. The first-order valence-corrected chi connectivity index (χ1v) is 11.0. The van der Waals surface area contributed by atoms with Gasteiger partial charge in [-0.25, -0.2) is 0 Å². The van der Waals surface area contributed by atoms with E-state index in [4.69, 9.17) is 9.47 Å². The van der Waals surface area contributed by atoms with Crippen molar-refractivity contribution in [3.63, 3.8) is 0 Å². The molecule has 1 aromatic carbocycles. The zero-order valence-electron chi connectivity index (χ0n) is 18.0. The summed E-state index contributed by atoms with van der Waals surface area (Å²) in [4.78, 5) is 15.2. The first-order valence-electron chi connectivity index (χ1n) is 11.0. The average Bonchev–Trinajstić information content (AvgIpc) is 3.03. The highest BCUT2D eigenvalue weighted by Crippen LogP contribution is 2.28. The van der Waals surface area contributed by atoms with Crippen LogP contribution in [0.2, 0.25) is 0 Å². The average molecular weight is 413 g/mol. The third kappa shape index (κ3) is 4.61. The van der Waals surface area contributed by atoms with Crippen LogP contribution in [-0.2, 0) is 19.4 Å². The summed E-state index contributed by atoms with van der Waals surface area (Å²) < 4.78 is 10.7. The maximum absolute atomic E-state index is 12.8. The third-order valence-corrected chi connectivity index (χ3v) is 6.30. The molecule has 0 saturated carbocycles. The Morgan fingerprint density at radius 2 is 1.90 bits per heavy atom. The Kier molecular flexibility index (Phi) is 6.57. The number of benzene rings is 1. The predicted octanol–water partition coefficient (Wildman–Crippen LogP) is 3.09. The van der Waals surface area contributed by atoms with Gasteiger partial charge < -0.3 is 14.8 Å². The summed E-state index contributed by atoms with van der Waals surface area (Å²) in [5.41, 5.74) is 4.10. The van der Waals surface area contributed by atoms with Crippen molar-refractivity contribution in [2.24, 2.45) is 0 Å². The molecule has 0 spiro atoms. The molecular formula is C23H32N4O3. The Hall–Kier alpha value is -2.54. The standard InChI is InChI=1S/C23H32N4O3/c1-29-20-9-8-16(14-21(20)30-2)15-27-12-10-17(11-13-27)24-23(28)22-18-6-4-3-5-7-19(18)25-26-22/h8-9,14,17H,3-7,10-13,15H2,1-2H3,(H,24,28)(H,25,26). The van der Waals surface area contributed by atoms with Crippen molar-refractivity contribution in [3.05, 3.63) is 40.7 Å². The number of nitrogens with one attached hydrogen (secondary N) is 2. The van der Waals surface area contributed by atoms with Gasteiger partial charge in [0.15, 0.2) is 17.2 Å². The molecule has 2 aliphatic rings. The number of methoxy groups -OCH3 is 2. The smallest absolute Gasteiger partial charge is 0.272 e. The second-order valence-electron chi connectivity index (χ2n) is 8.30. The van der Waals surface area contributed by atoms with Crippen LogP contribution < -0.4 is 14.8 Å². The molecule has 30 heavy (non-hydrogen) atoms. The van der Waals surface area contributed by atoms with Crippen molar-refractivity contribution in [2.75, 3.05) is 27.3 Å². The minimum Gasteiger partial charge on any atom is -0.493 e. The van der Waals surface area contributed by atoms with Crippen LogP contribution in [0.1, 0.15) is 59.4 Å². The number of amides is 1. The van der Waals surface area contributed by atoms with Gasteiger partial charge in [0.2, 0.25) is 0 Å². The first kappa shape index (κ1) is 20.7. The van der Waals surface area contributed by atoms with Gasteiger partial charge in [-0.3, -0.25) is 14.8 Å². The van der Waals surface area contributed by atoms with E-state index in [1.807, 2.05) is 12.1 Å². The number of H-pyrrole nitrogens is 1. The monoisotopic (exact) mass is 412 g/mol. The minimum atomic E-state index is -0.0206. The fraction of sp³-hybridized carbons (Fsp3) is 0.565. The fourth-order valence-electron chi connectivity index (χ4n) is 4.57. The Morgan fingerprint density at radius 3 is 2.67 bits per heavy atom. The first-order chi connectivity index (χ1) is 14.7. The van der Waals surface area contributed by atoms with E-state index in [0.717, 1.165) is 74.5 Å². The molecule has 1 aromatic heterocycles. The molecule has 1 saturated heterocycles. The predicted molar refractivity (Wildman–Crippen MR) is 115 cm³/mol. The summed E-state index contributed by atoms with van der Waals surface area (Å²) in [5, 5.41) is 10.7. The maximum atomic E-state index is 12.8. The van der Waals surface area contributed by atoms with Gasteiger partial charge in [0.1, 0.15) is 0 Å². The summed E-state index contributed by atoms with van der Waals surface area (Å²) in [7, 11) is 3.31. The quantitative estimate of drug-likeness (QED) is 0.713. The van der Waals surface area contributed by atoms with E-state index in [1.54, 1.807) is 14.2 Å². The summed E-state index contributed by atoms with van der Waals surface area (Å²) in [6.07, 6.45) is 7.40. The van der Waals surface area contributed by atoms with Crippen LogP contribution in [0.4, 0.5) is 0 Å². The minimum absolute atomic E-state index is 0.0206. The maximum Gasteiger partial charge on any atom is 0.272 e. The topological polar surface area (TPSA) is 79.5 Å². The number of carbonyl (C=O) groups excluding carboxylic acids is 1. The van der Waals surface area contributed by atoms with Gasteiger partial charge in [0.25, 0.3) is 5.91 Å². The second-order valence-corrected chi connectivity index (χ2v) is 8.30. The zero-order valence-corrected chi connectivity index (χ0v) is 18.0. The van der Waals surface area contributed by atoms with Gasteiger partial charge in [-0.05, 0) is 56.2 Å². The number of likely N-dealkylation sites (tertiary alicyclic amines) is 1. The van der Waals surface area contributed by atoms with Gasteiger partial charge in [-0.1, -0.05) is 12.5 Å². The summed E-state index contributed by atoms with van der Waals surface area (Å²) in [6.45, 7) is 2.78. The molecular weight excluding hydrogens is 380 g/mol. The van der Waals surface area contributed by atoms with Crippen LogP contribution in [0.25, 0.3) is 0 Å². The number of hydrogen-bond acceptors (Lipinski definition) is 5. The van der Waals surface area contributed by atoms with Crippen molar-refractivity contribution < 1.29 is 14.3 Å². The van der Waals surface area contributed by atoms with Crippen molar-refractivity contribution in [2.45, 2.75) is 57.5 Å². The van der Waals surface area contributed by atoms with Gasteiger partial charge in [-0.2, -0.15) is 5.10 Å². The van der Waals surface area contributed by atoms with Crippen LogP contribution >= 0.6 is 0 Å². The Balaban J connectivity index is 1.30. The van der Waals surface area contributed by atoms with E-state index in [0.29, 0.717) is 5.69 Å². The van der Waals surface area contributed by atoms with Crippen LogP contribution in [0.15, 0.2) is 18.2 Å². The van der Waals surface area contributed by atoms with E-state index in [9.17, 15) is 4.79 Å². The lowest BCUT2D eigenvalue weighted by molar-refractivity contribution is 0.0903. The number of nitrogens with zero attached hydrogens (tertiary/aromatic N) is 2. The van der Waals surface area contributed by atoms with E-state index in [-0.39, 0.29) is 11.9 Å². The molecule has 0 atom stereocenters. The molecule has 7 heteroatoms. The van der Waals surface area contributed by atoms with Gasteiger partial charge >= 0.3 is 0 Å². The van der Waals surface area contributed by atoms with Crippen LogP contribution in [0.3, 0.4) is 0 Å². The second kappa shape index (κ2) is 9.51. The Morgan fingerprint density at radius 1 is 1.13 bits per heavy atom. The number of carbonyl (C=O) groups is 1. The van der Waals surface area contributed by atoms with E-state index >= 15 is 0 Å². The number of aryl methyl sites for hydroxylation is 1. The van der Waals surface area contributed by atoms with Gasteiger partial charge in [-0.15, -0.1) is 0 Å². The summed E-state index contributed by atoms with van der Waals surface area (Å²) in [6, 6.07) is 6.28. The number of rotatable bonds is 6. The zero-order chi connectivity index (χ0) is 20.9. The van der Waals surface area contributed by atoms with Crippen molar-refractivity contribution in [1.82, 2.24) is 20.4 Å².